The highest BCUT2D eigenvalue weighted by atomic mass is 19.4. The third kappa shape index (κ3) is 2.73. The number of benzene rings is 1. The number of alkyl halides is 3. The molecule has 0 amide bonds. The fraction of sp³-hybridized carbons (Fsp3) is 0.273. The summed E-state index contributed by atoms with van der Waals surface area (Å²) in [5, 5.41) is 6.07. The van der Waals surface area contributed by atoms with Crippen LogP contribution in [0, 0.1) is 5.82 Å². The van der Waals surface area contributed by atoms with E-state index >= 15 is 0 Å². The standard InChI is InChI=1S/C11H10F4N4/c1-5(16)9-17-10(19-18-9)7-4-6(12)2-3-8(7)11(13,14)15/h2-5H,16H2,1H3,(H,17,18,19). The van der Waals surface area contributed by atoms with Crippen molar-refractivity contribution in [1.29, 1.82) is 0 Å². The highest BCUT2D eigenvalue weighted by molar-refractivity contribution is 5.61. The summed E-state index contributed by atoms with van der Waals surface area (Å²) in [4.78, 5) is 3.84. The van der Waals surface area contributed by atoms with Gasteiger partial charge in [-0.3, -0.25) is 5.10 Å². The zero-order valence-electron chi connectivity index (χ0n) is 9.79. The van der Waals surface area contributed by atoms with Gasteiger partial charge in [0.1, 0.15) is 11.6 Å². The molecule has 1 unspecified atom stereocenters. The van der Waals surface area contributed by atoms with E-state index in [-0.39, 0.29) is 11.6 Å². The van der Waals surface area contributed by atoms with E-state index in [9.17, 15) is 17.6 Å². The van der Waals surface area contributed by atoms with E-state index in [1.54, 1.807) is 6.92 Å². The lowest BCUT2D eigenvalue weighted by Crippen LogP contribution is -2.08. The molecule has 0 aliphatic heterocycles. The minimum Gasteiger partial charge on any atom is -0.322 e. The van der Waals surface area contributed by atoms with Crippen LogP contribution in [0.15, 0.2) is 18.2 Å². The molecule has 2 rings (SSSR count). The molecule has 8 heteroatoms. The first-order valence-electron chi connectivity index (χ1n) is 5.34. The van der Waals surface area contributed by atoms with Crippen LogP contribution in [-0.2, 0) is 6.18 Å². The van der Waals surface area contributed by atoms with E-state index in [4.69, 9.17) is 5.73 Å². The lowest BCUT2D eigenvalue weighted by Gasteiger charge is -2.10. The van der Waals surface area contributed by atoms with Crippen molar-refractivity contribution in [2.24, 2.45) is 5.73 Å². The van der Waals surface area contributed by atoms with Crippen molar-refractivity contribution < 1.29 is 17.6 Å². The second-order valence-corrected chi connectivity index (χ2v) is 4.02. The van der Waals surface area contributed by atoms with Crippen molar-refractivity contribution in [3.63, 3.8) is 0 Å². The predicted octanol–water partition coefficient (Wildman–Crippen LogP) is 2.65. The summed E-state index contributed by atoms with van der Waals surface area (Å²) in [7, 11) is 0. The van der Waals surface area contributed by atoms with Gasteiger partial charge in [-0.05, 0) is 25.1 Å². The highest BCUT2D eigenvalue weighted by Gasteiger charge is 2.34. The molecule has 4 nitrogen and oxygen atoms in total. The first-order valence-corrected chi connectivity index (χ1v) is 5.34. The molecule has 1 aromatic carbocycles. The number of hydrogen-bond acceptors (Lipinski definition) is 3. The minimum atomic E-state index is -4.61. The van der Waals surface area contributed by atoms with Crippen LogP contribution in [0.1, 0.15) is 24.4 Å². The van der Waals surface area contributed by atoms with Gasteiger partial charge in [0.25, 0.3) is 0 Å². The second-order valence-electron chi connectivity index (χ2n) is 4.02. The van der Waals surface area contributed by atoms with Crippen molar-refractivity contribution in [3.8, 4) is 11.4 Å². The van der Waals surface area contributed by atoms with E-state index in [0.29, 0.717) is 6.07 Å². The summed E-state index contributed by atoms with van der Waals surface area (Å²) in [6.07, 6.45) is -4.61. The van der Waals surface area contributed by atoms with Crippen LogP contribution in [-0.4, -0.2) is 15.2 Å². The van der Waals surface area contributed by atoms with Crippen LogP contribution < -0.4 is 5.73 Å². The smallest absolute Gasteiger partial charge is 0.322 e. The zero-order chi connectivity index (χ0) is 14.2. The molecule has 102 valence electrons. The van der Waals surface area contributed by atoms with E-state index in [1.807, 2.05) is 0 Å². The van der Waals surface area contributed by atoms with Crippen molar-refractivity contribution >= 4 is 0 Å². The molecule has 3 N–H and O–H groups in total. The minimum absolute atomic E-state index is 0.229. The summed E-state index contributed by atoms with van der Waals surface area (Å²) in [6, 6.07) is 1.64. The summed E-state index contributed by atoms with van der Waals surface area (Å²) in [5.41, 5.74) is 4.11. The normalized spacial score (nSPS) is 13.6. The SMILES string of the molecule is CC(N)c1nc(-c2cc(F)ccc2C(F)(F)F)n[nH]1. The molecule has 0 fully saturated rings. The Labute approximate surface area is 105 Å². The van der Waals surface area contributed by atoms with Gasteiger partial charge in [0.05, 0.1) is 11.6 Å². The van der Waals surface area contributed by atoms with Gasteiger partial charge >= 0.3 is 6.18 Å². The first-order chi connectivity index (χ1) is 8.79. The number of halogens is 4. The molecule has 0 aliphatic carbocycles. The Bertz CT molecular complexity index is 589. The fourth-order valence-corrected chi connectivity index (χ4v) is 1.55. The van der Waals surface area contributed by atoms with Gasteiger partial charge in [-0.15, -0.1) is 0 Å². The molecule has 0 bridgehead atoms. The van der Waals surface area contributed by atoms with Gasteiger partial charge in [-0.2, -0.15) is 18.3 Å². The molecule has 1 heterocycles. The number of nitrogens with one attached hydrogen (secondary N) is 1. The quantitative estimate of drug-likeness (QED) is 0.827. The second kappa shape index (κ2) is 4.61. The molecule has 0 aliphatic rings. The number of H-pyrrole nitrogens is 1. The zero-order valence-corrected chi connectivity index (χ0v) is 9.79. The van der Waals surface area contributed by atoms with Crippen LogP contribution >= 0.6 is 0 Å². The van der Waals surface area contributed by atoms with Crippen molar-refractivity contribution in [3.05, 3.63) is 35.4 Å². The summed E-state index contributed by atoms with van der Waals surface area (Å²) in [5.74, 6) is -0.804. The maximum Gasteiger partial charge on any atom is 0.417 e. The maximum atomic E-state index is 13.1. The predicted molar refractivity (Wildman–Crippen MR) is 59.4 cm³/mol. The number of aromatic amines is 1. The van der Waals surface area contributed by atoms with Crippen LogP contribution in [0.5, 0.6) is 0 Å². The highest BCUT2D eigenvalue weighted by Crippen LogP contribution is 2.36. The number of hydrogen-bond donors (Lipinski definition) is 2. The summed E-state index contributed by atoms with van der Waals surface area (Å²) >= 11 is 0. The largest absolute Gasteiger partial charge is 0.417 e. The molecule has 2 aromatic rings. The van der Waals surface area contributed by atoms with Crippen molar-refractivity contribution in [1.82, 2.24) is 15.2 Å². The van der Waals surface area contributed by atoms with Gasteiger partial charge < -0.3 is 5.73 Å². The monoisotopic (exact) mass is 274 g/mol. The van der Waals surface area contributed by atoms with Crippen LogP contribution in [0.3, 0.4) is 0 Å². The van der Waals surface area contributed by atoms with Gasteiger partial charge in [0.15, 0.2) is 5.82 Å². The molecule has 19 heavy (non-hydrogen) atoms. The lowest BCUT2D eigenvalue weighted by molar-refractivity contribution is -0.137. The Morgan fingerprint density at radius 2 is 2.00 bits per heavy atom. The van der Waals surface area contributed by atoms with E-state index in [2.05, 4.69) is 15.2 Å². The summed E-state index contributed by atoms with van der Waals surface area (Å²) in [6.45, 7) is 1.60. The van der Waals surface area contributed by atoms with Gasteiger partial charge in [-0.1, -0.05) is 0 Å². The molecule has 1 atom stereocenters. The maximum absolute atomic E-state index is 13.1. The van der Waals surface area contributed by atoms with Crippen LogP contribution in [0.25, 0.3) is 11.4 Å². The topological polar surface area (TPSA) is 67.6 Å². The number of rotatable bonds is 2. The van der Waals surface area contributed by atoms with E-state index in [0.717, 1.165) is 12.1 Å². The molecule has 0 saturated heterocycles. The Morgan fingerprint density at radius 3 is 2.53 bits per heavy atom. The number of aromatic nitrogens is 3. The van der Waals surface area contributed by atoms with Crippen molar-refractivity contribution in [2.75, 3.05) is 0 Å². The van der Waals surface area contributed by atoms with E-state index < -0.39 is 29.2 Å². The third-order valence-corrected chi connectivity index (χ3v) is 2.46. The third-order valence-electron chi connectivity index (χ3n) is 2.46. The van der Waals surface area contributed by atoms with Gasteiger partial charge in [0.2, 0.25) is 0 Å². The average molecular weight is 274 g/mol. The Kier molecular flexibility index (Phi) is 3.27. The van der Waals surface area contributed by atoms with Gasteiger partial charge in [0, 0.05) is 5.56 Å². The van der Waals surface area contributed by atoms with Crippen molar-refractivity contribution in [2.45, 2.75) is 19.1 Å². The molecule has 0 spiro atoms. The number of nitrogens with zero attached hydrogens (tertiary/aromatic N) is 2. The van der Waals surface area contributed by atoms with Crippen LogP contribution in [0.2, 0.25) is 0 Å². The molecular formula is C11H10F4N4. The lowest BCUT2D eigenvalue weighted by atomic mass is 10.1. The Morgan fingerprint density at radius 1 is 1.32 bits per heavy atom. The average Bonchev–Trinajstić information content (AvgIpc) is 2.76. The first kappa shape index (κ1) is 13.5. The molecule has 0 saturated carbocycles. The molecule has 1 aromatic heterocycles. The Hall–Kier alpha value is -1.96. The Balaban J connectivity index is 2.56. The fourth-order valence-electron chi connectivity index (χ4n) is 1.55. The molecule has 0 radical (unpaired) electrons. The van der Waals surface area contributed by atoms with E-state index in [1.165, 1.54) is 0 Å². The summed E-state index contributed by atoms with van der Waals surface area (Å²) < 4.78 is 51.6. The number of nitrogens with two attached hydrogens (primary N) is 1. The van der Waals surface area contributed by atoms with Gasteiger partial charge in [-0.25, -0.2) is 9.37 Å². The molecular weight excluding hydrogens is 264 g/mol. The van der Waals surface area contributed by atoms with Crippen LogP contribution in [0.4, 0.5) is 17.6 Å².